The zero-order valence-corrected chi connectivity index (χ0v) is 12.1. The summed E-state index contributed by atoms with van der Waals surface area (Å²) in [5.74, 6) is -0.355. The SMILES string of the molecule is Cc1cccc(C(=O)N(CCO)C2CCCC2)c1[N+](=O)[O-]. The Kier molecular flexibility index (Phi) is 4.90. The Morgan fingerprint density at radius 3 is 2.67 bits per heavy atom. The van der Waals surface area contributed by atoms with Crippen LogP contribution in [-0.4, -0.2) is 40.0 Å². The summed E-state index contributed by atoms with van der Waals surface area (Å²) < 4.78 is 0. The number of aliphatic hydroxyl groups excluding tert-OH is 1. The zero-order valence-electron chi connectivity index (χ0n) is 12.1. The average molecular weight is 292 g/mol. The van der Waals surface area contributed by atoms with Crippen molar-refractivity contribution in [1.29, 1.82) is 0 Å². The van der Waals surface area contributed by atoms with Crippen molar-refractivity contribution in [3.8, 4) is 0 Å². The number of amides is 1. The van der Waals surface area contributed by atoms with Crippen LogP contribution in [0.2, 0.25) is 0 Å². The van der Waals surface area contributed by atoms with Crippen LogP contribution in [0.5, 0.6) is 0 Å². The van der Waals surface area contributed by atoms with Crippen molar-refractivity contribution in [2.75, 3.05) is 13.2 Å². The second-order valence-electron chi connectivity index (χ2n) is 5.39. The number of hydrogen-bond acceptors (Lipinski definition) is 4. The first-order valence-corrected chi connectivity index (χ1v) is 7.22. The number of nitro groups is 1. The van der Waals surface area contributed by atoms with Gasteiger partial charge in [0.25, 0.3) is 11.6 Å². The third kappa shape index (κ3) is 3.21. The third-order valence-electron chi connectivity index (χ3n) is 4.02. The van der Waals surface area contributed by atoms with E-state index < -0.39 is 4.92 Å². The Morgan fingerprint density at radius 2 is 2.10 bits per heavy atom. The van der Waals surface area contributed by atoms with Gasteiger partial charge in [-0.1, -0.05) is 25.0 Å². The van der Waals surface area contributed by atoms with Crippen LogP contribution in [0.4, 0.5) is 5.69 Å². The first kappa shape index (κ1) is 15.4. The molecule has 2 rings (SSSR count). The molecule has 1 aromatic rings. The van der Waals surface area contributed by atoms with Crippen LogP contribution >= 0.6 is 0 Å². The van der Waals surface area contributed by atoms with Crippen molar-refractivity contribution in [2.45, 2.75) is 38.6 Å². The van der Waals surface area contributed by atoms with Crippen molar-refractivity contribution >= 4 is 11.6 Å². The number of aliphatic hydroxyl groups is 1. The molecule has 1 N–H and O–H groups in total. The highest BCUT2D eigenvalue weighted by molar-refractivity contribution is 5.98. The Bertz CT molecular complexity index is 538. The lowest BCUT2D eigenvalue weighted by Gasteiger charge is -2.28. The largest absolute Gasteiger partial charge is 0.395 e. The number of aryl methyl sites for hydroxylation is 1. The maximum atomic E-state index is 12.7. The number of nitrogens with zero attached hydrogens (tertiary/aromatic N) is 2. The molecule has 0 atom stereocenters. The van der Waals surface area contributed by atoms with Crippen molar-refractivity contribution < 1.29 is 14.8 Å². The quantitative estimate of drug-likeness (QED) is 0.666. The van der Waals surface area contributed by atoms with Crippen LogP contribution in [0, 0.1) is 17.0 Å². The lowest BCUT2D eigenvalue weighted by molar-refractivity contribution is -0.385. The molecule has 0 bridgehead atoms. The molecule has 0 aliphatic heterocycles. The Balaban J connectivity index is 2.36. The number of carbonyl (C=O) groups excluding carboxylic acids is 1. The minimum atomic E-state index is -0.506. The standard InChI is InChI=1S/C15H20N2O4/c1-11-5-4-8-13(14(11)17(20)21)15(19)16(9-10-18)12-6-2-3-7-12/h4-5,8,12,18H,2-3,6-7,9-10H2,1H3. The molecule has 0 saturated heterocycles. The summed E-state index contributed by atoms with van der Waals surface area (Å²) in [7, 11) is 0. The normalized spacial score (nSPS) is 15.1. The summed E-state index contributed by atoms with van der Waals surface area (Å²) in [6, 6.07) is 4.85. The fraction of sp³-hybridized carbons (Fsp3) is 0.533. The molecule has 6 nitrogen and oxygen atoms in total. The van der Waals surface area contributed by atoms with Gasteiger partial charge in [-0.15, -0.1) is 0 Å². The minimum absolute atomic E-state index is 0.0739. The highest BCUT2D eigenvalue weighted by atomic mass is 16.6. The van der Waals surface area contributed by atoms with Crippen LogP contribution in [0.15, 0.2) is 18.2 Å². The molecular formula is C15H20N2O4. The van der Waals surface area contributed by atoms with Crippen LogP contribution in [-0.2, 0) is 0 Å². The molecular weight excluding hydrogens is 272 g/mol. The lowest BCUT2D eigenvalue weighted by Crippen LogP contribution is -2.41. The van der Waals surface area contributed by atoms with Crippen molar-refractivity contribution in [3.05, 3.63) is 39.4 Å². The second-order valence-corrected chi connectivity index (χ2v) is 5.39. The maximum absolute atomic E-state index is 12.7. The maximum Gasteiger partial charge on any atom is 0.285 e. The molecule has 1 amide bonds. The van der Waals surface area contributed by atoms with Crippen molar-refractivity contribution in [3.63, 3.8) is 0 Å². The number of benzene rings is 1. The molecule has 0 heterocycles. The molecule has 1 aromatic carbocycles. The number of carbonyl (C=O) groups is 1. The van der Waals surface area contributed by atoms with Crippen molar-refractivity contribution in [2.24, 2.45) is 0 Å². The molecule has 1 aliphatic carbocycles. The lowest BCUT2D eigenvalue weighted by atomic mass is 10.1. The number of hydrogen-bond donors (Lipinski definition) is 1. The van der Waals surface area contributed by atoms with Gasteiger partial charge in [0.1, 0.15) is 5.56 Å². The number of nitro benzene ring substituents is 1. The van der Waals surface area contributed by atoms with Gasteiger partial charge in [0, 0.05) is 18.2 Å². The van der Waals surface area contributed by atoms with E-state index in [0.717, 1.165) is 25.7 Å². The van der Waals surface area contributed by atoms with E-state index in [-0.39, 0.29) is 36.4 Å². The molecule has 1 saturated carbocycles. The van der Waals surface area contributed by atoms with Gasteiger partial charge in [0.15, 0.2) is 0 Å². The second kappa shape index (κ2) is 6.67. The summed E-state index contributed by atoms with van der Waals surface area (Å²) in [6.07, 6.45) is 3.89. The van der Waals surface area contributed by atoms with E-state index in [1.165, 1.54) is 6.07 Å². The van der Waals surface area contributed by atoms with Gasteiger partial charge in [-0.25, -0.2) is 0 Å². The topological polar surface area (TPSA) is 83.7 Å². The fourth-order valence-corrected chi connectivity index (χ4v) is 3.00. The van der Waals surface area contributed by atoms with E-state index in [4.69, 9.17) is 0 Å². The van der Waals surface area contributed by atoms with Gasteiger partial charge in [-0.05, 0) is 25.8 Å². The molecule has 6 heteroatoms. The Labute approximate surface area is 123 Å². The predicted octanol–water partition coefficient (Wildman–Crippen LogP) is 2.28. The first-order chi connectivity index (χ1) is 10.1. The summed E-state index contributed by atoms with van der Waals surface area (Å²) in [5.41, 5.74) is 0.449. The smallest absolute Gasteiger partial charge is 0.285 e. The van der Waals surface area contributed by atoms with E-state index in [1.807, 2.05) is 0 Å². The summed E-state index contributed by atoms with van der Waals surface area (Å²) in [6.45, 7) is 1.71. The average Bonchev–Trinajstić information content (AvgIpc) is 2.97. The van der Waals surface area contributed by atoms with Crippen LogP contribution < -0.4 is 0 Å². The van der Waals surface area contributed by atoms with E-state index in [0.29, 0.717) is 5.56 Å². The minimum Gasteiger partial charge on any atom is -0.395 e. The first-order valence-electron chi connectivity index (χ1n) is 7.22. The fourth-order valence-electron chi connectivity index (χ4n) is 3.00. The molecule has 114 valence electrons. The summed E-state index contributed by atoms with van der Waals surface area (Å²) >= 11 is 0. The predicted molar refractivity (Wildman–Crippen MR) is 78.2 cm³/mol. The van der Waals surface area contributed by atoms with Crippen LogP contribution in [0.25, 0.3) is 0 Å². The monoisotopic (exact) mass is 292 g/mol. The van der Waals surface area contributed by atoms with Gasteiger partial charge in [-0.3, -0.25) is 14.9 Å². The van der Waals surface area contributed by atoms with Gasteiger partial charge in [0.05, 0.1) is 11.5 Å². The molecule has 1 fully saturated rings. The molecule has 1 aliphatic rings. The zero-order chi connectivity index (χ0) is 15.4. The number of para-hydroxylation sites is 1. The molecule has 0 radical (unpaired) electrons. The molecule has 0 unspecified atom stereocenters. The van der Waals surface area contributed by atoms with E-state index >= 15 is 0 Å². The Morgan fingerprint density at radius 1 is 1.43 bits per heavy atom. The molecule has 0 spiro atoms. The summed E-state index contributed by atoms with van der Waals surface area (Å²) in [5, 5.41) is 20.4. The third-order valence-corrected chi connectivity index (χ3v) is 4.02. The van der Waals surface area contributed by atoms with Crippen molar-refractivity contribution in [1.82, 2.24) is 4.90 Å². The van der Waals surface area contributed by atoms with Gasteiger partial charge in [0.2, 0.25) is 0 Å². The summed E-state index contributed by atoms with van der Waals surface area (Å²) in [4.78, 5) is 25.0. The van der Waals surface area contributed by atoms with Gasteiger partial charge < -0.3 is 10.0 Å². The molecule has 0 aromatic heterocycles. The van der Waals surface area contributed by atoms with E-state index in [9.17, 15) is 20.0 Å². The highest BCUT2D eigenvalue weighted by Gasteiger charge is 2.31. The van der Waals surface area contributed by atoms with Gasteiger partial charge >= 0.3 is 0 Å². The highest BCUT2D eigenvalue weighted by Crippen LogP contribution is 2.28. The number of rotatable bonds is 5. The molecule has 21 heavy (non-hydrogen) atoms. The van der Waals surface area contributed by atoms with Gasteiger partial charge in [-0.2, -0.15) is 0 Å². The van der Waals surface area contributed by atoms with Crippen LogP contribution in [0.3, 0.4) is 0 Å². The van der Waals surface area contributed by atoms with Crippen LogP contribution in [0.1, 0.15) is 41.6 Å². The van der Waals surface area contributed by atoms with E-state index in [1.54, 1.807) is 24.0 Å². The Hall–Kier alpha value is -1.95. The van der Waals surface area contributed by atoms with E-state index in [2.05, 4.69) is 0 Å².